The number of aromatic carboxylic acids is 1. The number of piperidine rings is 1. The van der Waals surface area contributed by atoms with E-state index in [1.807, 2.05) is 29.2 Å². The zero-order valence-corrected chi connectivity index (χ0v) is 25.0. The largest absolute Gasteiger partial charge is 0.478 e. The highest BCUT2D eigenvalue weighted by molar-refractivity contribution is 6.05. The summed E-state index contributed by atoms with van der Waals surface area (Å²) in [5, 5.41) is 19.7. The van der Waals surface area contributed by atoms with Gasteiger partial charge in [-0.1, -0.05) is 32.9 Å². The second kappa shape index (κ2) is 10.9. The number of anilines is 2. The van der Waals surface area contributed by atoms with Gasteiger partial charge in [-0.2, -0.15) is 0 Å². The third kappa shape index (κ3) is 5.99. The van der Waals surface area contributed by atoms with Crippen molar-refractivity contribution in [2.75, 3.05) is 23.7 Å². The van der Waals surface area contributed by atoms with E-state index in [4.69, 9.17) is 0 Å². The maximum absolute atomic E-state index is 13.5. The standard InChI is InChI=1S/C34H44N4O4/c1-33(2,3)25-8-6-24(7-9-25)30(39)36-26-10-11-28(31(40)41)29(16-26)35-27-5-4-12-38(20-27)32(42)37-34-17-21-13-22(18-34)15-23(14-21)19-34/h6-11,16,21-23,27,35H,4-5,12-15,17-20H2,1-3H3,(H,36,39)(H,37,42)(H,40,41). The highest BCUT2D eigenvalue weighted by Crippen LogP contribution is 2.55. The smallest absolute Gasteiger partial charge is 0.337 e. The lowest BCUT2D eigenvalue weighted by molar-refractivity contribution is -0.0160. The van der Waals surface area contributed by atoms with Gasteiger partial charge in [0.2, 0.25) is 0 Å². The number of amides is 3. The molecule has 0 radical (unpaired) electrons. The van der Waals surface area contributed by atoms with Crippen molar-refractivity contribution in [2.24, 2.45) is 17.8 Å². The molecular weight excluding hydrogens is 528 g/mol. The van der Waals surface area contributed by atoms with E-state index in [-0.39, 0.29) is 34.5 Å². The summed E-state index contributed by atoms with van der Waals surface area (Å²) in [6.07, 6.45) is 9.01. The SMILES string of the molecule is CC(C)(C)c1ccc(C(=O)Nc2ccc(C(=O)O)c(NC3CCCN(C(=O)NC45CC6CC(CC(C6)C4)C5)C3)c2)cc1. The molecule has 2 aromatic carbocycles. The fourth-order valence-corrected chi connectivity index (χ4v) is 8.32. The fourth-order valence-electron chi connectivity index (χ4n) is 8.32. The molecule has 7 rings (SSSR count). The molecule has 8 nitrogen and oxygen atoms in total. The molecule has 8 heteroatoms. The second-order valence-corrected chi connectivity index (χ2v) is 14.4. The number of carbonyl (C=O) groups is 3. The van der Waals surface area contributed by atoms with E-state index in [2.05, 4.69) is 36.7 Å². The van der Waals surface area contributed by atoms with Crippen LogP contribution >= 0.6 is 0 Å². The Hall–Kier alpha value is -3.55. The van der Waals surface area contributed by atoms with Crippen LogP contribution in [-0.2, 0) is 5.41 Å². The Labute approximate surface area is 248 Å². The average molecular weight is 573 g/mol. The summed E-state index contributed by atoms with van der Waals surface area (Å²) in [5.74, 6) is 0.988. The molecule has 1 heterocycles. The van der Waals surface area contributed by atoms with Gasteiger partial charge in [-0.15, -0.1) is 0 Å². The van der Waals surface area contributed by atoms with Gasteiger partial charge in [-0.25, -0.2) is 9.59 Å². The van der Waals surface area contributed by atoms with E-state index in [1.54, 1.807) is 12.1 Å². The molecule has 0 aromatic heterocycles. The minimum atomic E-state index is -1.04. The number of hydrogen-bond acceptors (Lipinski definition) is 4. The number of carboxylic acids is 1. The van der Waals surface area contributed by atoms with Gasteiger partial charge in [0.1, 0.15) is 0 Å². The van der Waals surface area contributed by atoms with Gasteiger partial charge < -0.3 is 26.0 Å². The maximum Gasteiger partial charge on any atom is 0.337 e. The maximum atomic E-state index is 13.5. The van der Waals surface area contributed by atoms with Crippen LogP contribution in [-0.4, -0.2) is 52.6 Å². The van der Waals surface area contributed by atoms with Crippen molar-refractivity contribution in [2.45, 2.75) is 89.1 Å². The number of nitrogens with zero attached hydrogens (tertiary/aromatic N) is 1. The summed E-state index contributed by atoms with van der Waals surface area (Å²) in [7, 11) is 0. The van der Waals surface area contributed by atoms with Gasteiger partial charge in [-0.3, -0.25) is 4.79 Å². The first-order valence-electron chi connectivity index (χ1n) is 15.6. The second-order valence-electron chi connectivity index (χ2n) is 14.4. The van der Waals surface area contributed by atoms with E-state index in [0.717, 1.165) is 55.4 Å². The molecule has 4 N–H and O–H groups in total. The molecule has 42 heavy (non-hydrogen) atoms. The molecular formula is C34H44N4O4. The molecule has 224 valence electrons. The Morgan fingerprint density at radius 1 is 0.929 bits per heavy atom. The molecule has 5 aliphatic rings. The van der Waals surface area contributed by atoms with Crippen molar-refractivity contribution in [3.05, 3.63) is 59.2 Å². The normalized spacial score (nSPS) is 28.3. The molecule has 1 saturated heterocycles. The topological polar surface area (TPSA) is 111 Å². The number of benzene rings is 2. The van der Waals surface area contributed by atoms with Crippen molar-refractivity contribution in [1.29, 1.82) is 0 Å². The molecule has 1 atom stereocenters. The van der Waals surface area contributed by atoms with Crippen molar-refractivity contribution in [3.8, 4) is 0 Å². The predicted molar refractivity (Wildman–Crippen MR) is 164 cm³/mol. The minimum absolute atomic E-state index is 0.00750. The summed E-state index contributed by atoms with van der Waals surface area (Å²) in [6, 6.07) is 12.3. The van der Waals surface area contributed by atoms with Gasteiger partial charge in [-0.05, 0) is 110 Å². The minimum Gasteiger partial charge on any atom is -0.478 e. The van der Waals surface area contributed by atoms with E-state index in [1.165, 1.54) is 25.3 Å². The van der Waals surface area contributed by atoms with Gasteiger partial charge in [0.25, 0.3) is 5.91 Å². The van der Waals surface area contributed by atoms with Crippen LogP contribution in [0.4, 0.5) is 16.2 Å². The molecule has 1 unspecified atom stereocenters. The predicted octanol–water partition coefficient (Wildman–Crippen LogP) is 6.49. The van der Waals surface area contributed by atoms with Gasteiger partial charge >= 0.3 is 12.0 Å². The van der Waals surface area contributed by atoms with Gasteiger partial charge in [0, 0.05) is 35.9 Å². The van der Waals surface area contributed by atoms with Crippen molar-refractivity contribution in [3.63, 3.8) is 0 Å². The van der Waals surface area contributed by atoms with Crippen molar-refractivity contribution in [1.82, 2.24) is 10.2 Å². The lowest BCUT2D eigenvalue weighted by Crippen LogP contribution is -2.62. The number of urea groups is 1. The summed E-state index contributed by atoms with van der Waals surface area (Å²) in [4.78, 5) is 40.4. The van der Waals surface area contributed by atoms with Crippen molar-refractivity contribution < 1.29 is 19.5 Å². The van der Waals surface area contributed by atoms with Crippen molar-refractivity contribution >= 4 is 29.3 Å². The lowest BCUT2D eigenvalue weighted by Gasteiger charge is -2.57. The van der Waals surface area contributed by atoms with Crippen LogP contribution in [0.15, 0.2) is 42.5 Å². The molecule has 4 bridgehead atoms. The lowest BCUT2D eigenvalue weighted by atomic mass is 9.53. The highest BCUT2D eigenvalue weighted by atomic mass is 16.4. The Kier molecular flexibility index (Phi) is 7.44. The Balaban J connectivity index is 1.11. The Morgan fingerprint density at radius 2 is 1.57 bits per heavy atom. The monoisotopic (exact) mass is 572 g/mol. The van der Waals surface area contributed by atoms with Crippen LogP contribution in [0.1, 0.15) is 98.4 Å². The molecule has 0 spiro atoms. The van der Waals surface area contributed by atoms with Gasteiger partial charge in [0.05, 0.1) is 11.3 Å². The third-order valence-corrected chi connectivity index (χ3v) is 10.00. The highest BCUT2D eigenvalue weighted by Gasteiger charge is 2.52. The molecule has 4 aliphatic carbocycles. The van der Waals surface area contributed by atoms with Crippen LogP contribution in [0.2, 0.25) is 0 Å². The van der Waals surface area contributed by atoms with Crippen LogP contribution in [0, 0.1) is 17.8 Å². The van der Waals surface area contributed by atoms with Crippen LogP contribution in [0.25, 0.3) is 0 Å². The first kappa shape index (κ1) is 28.6. The Morgan fingerprint density at radius 3 is 2.17 bits per heavy atom. The van der Waals surface area contributed by atoms with E-state index in [0.29, 0.717) is 30.0 Å². The molecule has 3 amide bonds. The molecule has 1 aliphatic heterocycles. The van der Waals surface area contributed by atoms with E-state index >= 15 is 0 Å². The molecule has 5 fully saturated rings. The summed E-state index contributed by atoms with van der Waals surface area (Å²) >= 11 is 0. The summed E-state index contributed by atoms with van der Waals surface area (Å²) in [6.45, 7) is 7.59. The number of nitrogens with one attached hydrogen (secondary N) is 3. The number of carboxylic acid groups (broad SMARTS) is 1. The fraction of sp³-hybridized carbons (Fsp3) is 0.559. The zero-order chi connectivity index (χ0) is 29.6. The Bertz CT molecular complexity index is 1330. The average Bonchev–Trinajstić information content (AvgIpc) is 2.92. The van der Waals surface area contributed by atoms with E-state index in [9.17, 15) is 19.5 Å². The molecule has 2 aromatic rings. The van der Waals surface area contributed by atoms with Crippen LogP contribution < -0.4 is 16.0 Å². The number of rotatable bonds is 6. The van der Waals surface area contributed by atoms with Crippen LogP contribution in [0.5, 0.6) is 0 Å². The van der Waals surface area contributed by atoms with Gasteiger partial charge in [0.15, 0.2) is 0 Å². The van der Waals surface area contributed by atoms with E-state index < -0.39 is 5.97 Å². The summed E-state index contributed by atoms with van der Waals surface area (Å²) < 4.78 is 0. The number of carbonyl (C=O) groups excluding carboxylic acids is 2. The first-order valence-corrected chi connectivity index (χ1v) is 15.6. The number of hydrogen-bond donors (Lipinski definition) is 4. The summed E-state index contributed by atoms with van der Waals surface area (Å²) in [5.41, 5.74) is 2.72. The number of likely N-dealkylation sites (tertiary alicyclic amines) is 1. The van der Waals surface area contributed by atoms with Crippen LogP contribution in [0.3, 0.4) is 0 Å². The first-order chi connectivity index (χ1) is 20.0. The molecule has 4 saturated carbocycles. The zero-order valence-electron chi connectivity index (χ0n) is 25.0. The third-order valence-electron chi connectivity index (χ3n) is 10.00. The quantitative estimate of drug-likeness (QED) is 0.316.